The van der Waals surface area contributed by atoms with E-state index in [2.05, 4.69) is 38.0 Å². The lowest BCUT2D eigenvalue weighted by Gasteiger charge is -2.09. The van der Waals surface area contributed by atoms with Crippen LogP contribution in [0.3, 0.4) is 0 Å². The first kappa shape index (κ1) is 17.9. The maximum atomic E-state index is 11.9. The molecule has 0 spiro atoms. The van der Waals surface area contributed by atoms with Crippen LogP contribution in [-0.4, -0.2) is 23.7 Å². The Morgan fingerprint density at radius 2 is 2.15 bits per heavy atom. The van der Waals surface area contributed by atoms with Gasteiger partial charge >= 0.3 is 0 Å². The van der Waals surface area contributed by atoms with E-state index in [1.165, 1.54) is 0 Å². The molecule has 2 aromatic carbocycles. The summed E-state index contributed by atoms with van der Waals surface area (Å²) in [4.78, 5) is 15.1. The van der Waals surface area contributed by atoms with E-state index in [1.54, 1.807) is 12.3 Å². The van der Waals surface area contributed by atoms with Gasteiger partial charge in [-0.2, -0.15) is 5.10 Å². The Bertz CT molecular complexity index is 963. The molecule has 1 amide bonds. The monoisotopic (exact) mass is 411 g/mol. The minimum absolute atomic E-state index is 0.106. The molecule has 6 heteroatoms. The number of hydrogen-bond donors (Lipinski definition) is 2. The van der Waals surface area contributed by atoms with Gasteiger partial charge in [0.1, 0.15) is 5.75 Å². The average molecular weight is 412 g/mol. The fourth-order valence-electron chi connectivity index (χ4n) is 2.54. The SMILES string of the molecule is C=CCc1ccccc1OCC(=O)N/N=C/c1c[nH]c2ccc(Br)cc12. The highest BCUT2D eigenvalue weighted by Gasteiger charge is 2.06. The molecule has 5 nitrogen and oxygen atoms in total. The molecule has 3 rings (SSSR count). The fourth-order valence-corrected chi connectivity index (χ4v) is 2.90. The van der Waals surface area contributed by atoms with Gasteiger partial charge in [0.25, 0.3) is 5.91 Å². The van der Waals surface area contributed by atoms with Crippen LogP contribution < -0.4 is 10.2 Å². The normalized spacial score (nSPS) is 11.0. The Balaban J connectivity index is 1.58. The molecule has 1 aromatic heterocycles. The van der Waals surface area contributed by atoms with Crippen molar-refractivity contribution < 1.29 is 9.53 Å². The second kappa shape index (κ2) is 8.49. The third kappa shape index (κ3) is 4.40. The molecule has 3 aromatic rings. The maximum absolute atomic E-state index is 11.9. The zero-order valence-electron chi connectivity index (χ0n) is 14.0. The predicted octanol–water partition coefficient (Wildman–Crippen LogP) is 4.19. The zero-order valence-corrected chi connectivity index (χ0v) is 15.6. The lowest BCUT2D eigenvalue weighted by Crippen LogP contribution is -2.24. The van der Waals surface area contributed by atoms with E-state index in [0.29, 0.717) is 12.2 Å². The Labute approximate surface area is 159 Å². The molecule has 0 saturated heterocycles. The molecule has 1 heterocycles. The quantitative estimate of drug-likeness (QED) is 0.347. The van der Waals surface area contributed by atoms with Gasteiger partial charge in [-0.3, -0.25) is 4.79 Å². The van der Waals surface area contributed by atoms with Crippen molar-refractivity contribution in [3.05, 3.63) is 76.9 Å². The summed E-state index contributed by atoms with van der Waals surface area (Å²) in [6, 6.07) is 13.5. The molecule has 26 heavy (non-hydrogen) atoms. The van der Waals surface area contributed by atoms with Crippen LogP contribution in [0.5, 0.6) is 5.75 Å². The number of carbonyl (C=O) groups is 1. The van der Waals surface area contributed by atoms with Crippen molar-refractivity contribution in [2.45, 2.75) is 6.42 Å². The Hall–Kier alpha value is -2.86. The summed E-state index contributed by atoms with van der Waals surface area (Å²) in [5, 5.41) is 5.03. The number of aromatic amines is 1. The third-order valence-corrected chi connectivity index (χ3v) is 4.26. The number of ether oxygens (including phenoxy) is 1. The smallest absolute Gasteiger partial charge is 0.277 e. The van der Waals surface area contributed by atoms with Gasteiger partial charge in [0, 0.05) is 27.1 Å². The van der Waals surface area contributed by atoms with Crippen LogP contribution in [-0.2, 0) is 11.2 Å². The first-order chi connectivity index (χ1) is 12.7. The highest BCUT2D eigenvalue weighted by Crippen LogP contribution is 2.21. The van der Waals surface area contributed by atoms with Crippen molar-refractivity contribution in [1.29, 1.82) is 0 Å². The number of aromatic nitrogens is 1. The van der Waals surface area contributed by atoms with Gasteiger partial charge in [-0.15, -0.1) is 6.58 Å². The van der Waals surface area contributed by atoms with Crippen LogP contribution >= 0.6 is 15.9 Å². The second-order valence-corrected chi connectivity index (χ2v) is 6.53. The van der Waals surface area contributed by atoms with Gasteiger partial charge in [0.05, 0.1) is 6.21 Å². The number of fused-ring (bicyclic) bond motifs is 1. The molecular weight excluding hydrogens is 394 g/mol. The number of H-pyrrole nitrogens is 1. The van der Waals surface area contributed by atoms with Crippen LogP contribution in [0.15, 0.2) is 70.9 Å². The highest BCUT2D eigenvalue weighted by atomic mass is 79.9. The summed E-state index contributed by atoms with van der Waals surface area (Å²) >= 11 is 3.45. The first-order valence-corrected chi connectivity index (χ1v) is 8.87. The minimum Gasteiger partial charge on any atom is -0.483 e. The lowest BCUT2D eigenvalue weighted by atomic mass is 10.1. The fraction of sp³-hybridized carbons (Fsp3) is 0.100. The van der Waals surface area contributed by atoms with Gasteiger partial charge in [0.2, 0.25) is 0 Å². The van der Waals surface area contributed by atoms with Crippen LogP contribution in [0, 0.1) is 0 Å². The predicted molar refractivity (Wildman–Crippen MR) is 108 cm³/mol. The van der Waals surface area contributed by atoms with Gasteiger partial charge in [-0.05, 0) is 36.2 Å². The number of carbonyl (C=O) groups excluding carboxylic acids is 1. The van der Waals surface area contributed by atoms with Crippen LogP contribution in [0.2, 0.25) is 0 Å². The maximum Gasteiger partial charge on any atom is 0.277 e. The summed E-state index contributed by atoms with van der Waals surface area (Å²) in [5.41, 5.74) is 5.36. The molecule has 0 aliphatic carbocycles. The molecule has 0 fully saturated rings. The Kier molecular flexibility index (Phi) is 5.86. The Morgan fingerprint density at radius 3 is 3.00 bits per heavy atom. The molecule has 0 radical (unpaired) electrons. The van der Waals surface area contributed by atoms with Crippen molar-refractivity contribution in [1.82, 2.24) is 10.4 Å². The molecule has 0 aliphatic heterocycles. The highest BCUT2D eigenvalue weighted by molar-refractivity contribution is 9.10. The van der Waals surface area contributed by atoms with Gasteiger partial charge in [0.15, 0.2) is 6.61 Å². The number of rotatable bonds is 7. The third-order valence-electron chi connectivity index (χ3n) is 3.76. The van der Waals surface area contributed by atoms with Crippen LogP contribution in [0.4, 0.5) is 0 Å². The van der Waals surface area contributed by atoms with E-state index < -0.39 is 0 Å². The molecule has 0 saturated carbocycles. The van der Waals surface area contributed by atoms with Crippen LogP contribution in [0.25, 0.3) is 10.9 Å². The number of nitrogens with zero attached hydrogens (tertiary/aromatic N) is 1. The molecule has 0 bridgehead atoms. The molecule has 132 valence electrons. The van der Waals surface area contributed by atoms with Crippen molar-refractivity contribution >= 4 is 39.0 Å². The van der Waals surface area contributed by atoms with Crippen LogP contribution in [0.1, 0.15) is 11.1 Å². The summed E-state index contributed by atoms with van der Waals surface area (Å²) in [7, 11) is 0. The molecule has 2 N–H and O–H groups in total. The van der Waals surface area contributed by atoms with Gasteiger partial charge in [-0.25, -0.2) is 5.43 Å². The average Bonchev–Trinajstić information content (AvgIpc) is 3.03. The van der Waals surface area contributed by atoms with Crippen molar-refractivity contribution in [3.63, 3.8) is 0 Å². The Morgan fingerprint density at radius 1 is 1.31 bits per heavy atom. The van der Waals surface area contributed by atoms with Crippen molar-refractivity contribution in [2.75, 3.05) is 6.61 Å². The van der Waals surface area contributed by atoms with E-state index >= 15 is 0 Å². The second-order valence-electron chi connectivity index (χ2n) is 5.62. The van der Waals surface area contributed by atoms with Crippen molar-refractivity contribution in [3.8, 4) is 5.75 Å². The molecule has 0 atom stereocenters. The van der Waals surface area contributed by atoms with E-state index in [1.807, 2.05) is 48.7 Å². The topological polar surface area (TPSA) is 66.5 Å². The molecule has 0 unspecified atom stereocenters. The first-order valence-electron chi connectivity index (χ1n) is 8.07. The number of allylic oxidation sites excluding steroid dienone is 1. The van der Waals surface area contributed by atoms with Gasteiger partial charge in [-0.1, -0.05) is 40.2 Å². The zero-order chi connectivity index (χ0) is 18.4. The van der Waals surface area contributed by atoms with E-state index in [4.69, 9.17) is 4.74 Å². The number of amides is 1. The summed E-state index contributed by atoms with van der Waals surface area (Å²) in [5.74, 6) is 0.351. The number of halogens is 1. The van der Waals surface area contributed by atoms with E-state index in [9.17, 15) is 4.79 Å². The van der Waals surface area contributed by atoms with E-state index in [0.717, 1.165) is 26.5 Å². The molecule has 0 aliphatic rings. The standard InChI is InChI=1S/C20H18BrN3O2/c1-2-5-14-6-3-4-7-19(14)26-13-20(25)24-23-12-15-11-22-18-9-8-16(21)10-17(15)18/h2-4,6-12,22H,1,5,13H2,(H,24,25)/b23-12+. The number of hydrazone groups is 1. The summed E-state index contributed by atoms with van der Waals surface area (Å²) in [6.45, 7) is 3.62. The molecular formula is C20H18BrN3O2. The van der Waals surface area contributed by atoms with E-state index in [-0.39, 0.29) is 12.5 Å². The lowest BCUT2D eigenvalue weighted by molar-refractivity contribution is -0.123. The van der Waals surface area contributed by atoms with Crippen molar-refractivity contribution in [2.24, 2.45) is 5.10 Å². The number of para-hydroxylation sites is 1. The minimum atomic E-state index is -0.323. The largest absolute Gasteiger partial charge is 0.483 e. The number of benzene rings is 2. The van der Waals surface area contributed by atoms with Gasteiger partial charge < -0.3 is 9.72 Å². The number of nitrogens with one attached hydrogen (secondary N) is 2. The summed E-state index contributed by atoms with van der Waals surface area (Å²) < 4.78 is 6.56. The number of hydrogen-bond acceptors (Lipinski definition) is 3. The summed E-state index contributed by atoms with van der Waals surface area (Å²) in [6.07, 6.45) is 5.93.